The number of nitrogens with zero attached hydrogens (tertiary/aromatic N) is 3. The van der Waals surface area contributed by atoms with Crippen molar-refractivity contribution in [3.05, 3.63) is 53.6 Å². The Balaban J connectivity index is 1.77. The van der Waals surface area contributed by atoms with Gasteiger partial charge in [-0.05, 0) is 18.1 Å². The van der Waals surface area contributed by atoms with Gasteiger partial charge in [-0.1, -0.05) is 12.1 Å². The molecule has 0 aliphatic carbocycles. The molecule has 0 saturated heterocycles. The van der Waals surface area contributed by atoms with Crippen LogP contribution in [-0.2, 0) is 11.2 Å². The Morgan fingerprint density at radius 2 is 2.17 bits per heavy atom. The zero-order valence-electron chi connectivity index (χ0n) is 13.0. The van der Waals surface area contributed by atoms with Gasteiger partial charge in [-0.25, -0.2) is 9.37 Å². The molecule has 0 saturated carbocycles. The van der Waals surface area contributed by atoms with E-state index in [-0.39, 0.29) is 11.7 Å². The van der Waals surface area contributed by atoms with Gasteiger partial charge in [0.2, 0.25) is 5.91 Å². The van der Waals surface area contributed by atoms with E-state index in [1.54, 1.807) is 24.7 Å². The first-order valence-corrected chi connectivity index (χ1v) is 8.26. The molecule has 1 amide bonds. The lowest BCUT2D eigenvalue weighted by molar-refractivity contribution is -0.118. The summed E-state index contributed by atoms with van der Waals surface area (Å²) in [6.45, 7) is 1.86. The molecule has 3 aromatic rings. The summed E-state index contributed by atoms with van der Waals surface area (Å²) < 4.78 is 14.2. The lowest BCUT2D eigenvalue weighted by Crippen LogP contribution is -2.22. The third kappa shape index (κ3) is 3.80. The van der Waals surface area contributed by atoms with Crippen LogP contribution in [0.3, 0.4) is 0 Å². The minimum atomic E-state index is -0.299. The number of rotatable bonds is 5. The van der Waals surface area contributed by atoms with Crippen molar-refractivity contribution in [2.24, 2.45) is 0 Å². The van der Waals surface area contributed by atoms with Gasteiger partial charge in [-0.2, -0.15) is 0 Å². The van der Waals surface area contributed by atoms with Crippen molar-refractivity contribution >= 4 is 17.2 Å². The molecule has 2 aromatic heterocycles. The number of halogens is 1. The van der Waals surface area contributed by atoms with Crippen molar-refractivity contribution in [1.29, 1.82) is 0 Å². The fraction of sp³-hybridized carbons (Fsp3) is 0.176. The molecule has 0 aliphatic heterocycles. The van der Waals surface area contributed by atoms with Crippen LogP contribution in [0.15, 0.2) is 42.2 Å². The highest BCUT2D eigenvalue weighted by molar-refractivity contribution is 7.13. The summed E-state index contributed by atoms with van der Waals surface area (Å²) in [4.78, 5) is 23.6. The van der Waals surface area contributed by atoms with E-state index >= 15 is 0 Å². The molecule has 122 valence electrons. The van der Waals surface area contributed by atoms with E-state index < -0.39 is 0 Å². The number of hydrogen-bond acceptors (Lipinski definition) is 5. The molecular weight excluding hydrogens is 327 g/mol. The normalized spacial score (nSPS) is 10.6. The SMILES string of the molecule is CC(=O)NCCc1ccc(-c2csc(-c3cnccn3)n2)cc1F. The molecule has 24 heavy (non-hydrogen) atoms. The third-order valence-electron chi connectivity index (χ3n) is 3.40. The minimum absolute atomic E-state index is 0.119. The summed E-state index contributed by atoms with van der Waals surface area (Å²) >= 11 is 1.44. The molecular formula is C17H15FN4OS. The van der Waals surface area contributed by atoms with Gasteiger partial charge in [0.15, 0.2) is 0 Å². The highest BCUT2D eigenvalue weighted by atomic mass is 32.1. The third-order valence-corrected chi connectivity index (χ3v) is 4.27. The summed E-state index contributed by atoms with van der Waals surface area (Å²) in [7, 11) is 0. The lowest BCUT2D eigenvalue weighted by atomic mass is 10.1. The van der Waals surface area contributed by atoms with E-state index in [0.29, 0.717) is 35.5 Å². The highest BCUT2D eigenvalue weighted by Crippen LogP contribution is 2.28. The quantitative estimate of drug-likeness (QED) is 0.774. The Hall–Kier alpha value is -2.67. The van der Waals surface area contributed by atoms with E-state index in [1.165, 1.54) is 24.3 Å². The number of aromatic nitrogens is 3. The average molecular weight is 342 g/mol. The van der Waals surface area contributed by atoms with Crippen LogP contribution < -0.4 is 5.32 Å². The van der Waals surface area contributed by atoms with Crippen LogP contribution in [-0.4, -0.2) is 27.4 Å². The van der Waals surface area contributed by atoms with Crippen LogP contribution in [0.5, 0.6) is 0 Å². The average Bonchev–Trinajstić information content (AvgIpc) is 3.07. The van der Waals surface area contributed by atoms with Crippen LogP contribution in [0.2, 0.25) is 0 Å². The number of thiazole rings is 1. The molecule has 1 N–H and O–H groups in total. The number of hydrogen-bond donors (Lipinski definition) is 1. The van der Waals surface area contributed by atoms with E-state index in [0.717, 1.165) is 5.01 Å². The molecule has 1 aromatic carbocycles. The maximum absolute atomic E-state index is 14.2. The maximum atomic E-state index is 14.2. The van der Waals surface area contributed by atoms with Crippen LogP contribution in [0.25, 0.3) is 22.0 Å². The number of benzene rings is 1. The van der Waals surface area contributed by atoms with Crippen molar-refractivity contribution in [2.45, 2.75) is 13.3 Å². The van der Waals surface area contributed by atoms with Gasteiger partial charge >= 0.3 is 0 Å². The van der Waals surface area contributed by atoms with E-state index in [9.17, 15) is 9.18 Å². The maximum Gasteiger partial charge on any atom is 0.216 e. The second kappa shape index (κ2) is 7.27. The number of nitrogens with one attached hydrogen (secondary N) is 1. The second-order valence-electron chi connectivity index (χ2n) is 5.17. The first-order valence-electron chi connectivity index (χ1n) is 7.38. The summed E-state index contributed by atoms with van der Waals surface area (Å²) in [5, 5.41) is 5.27. The first-order chi connectivity index (χ1) is 11.6. The Labute approximate surface area is 142 Å². The minimum Gasteiger partial charge on any atom is -0.356 e. The van der Waals surface area contributed by atoms with Gasteiger partial charge < -0.3 is 5.32 Å². The summed E-state index contributed by atoms with van der Waals surface area (Å²) in [6.07, 6.45) is 5.31. The van der Waals surface area contributed by atoms with Crippen molar-refractivity contribution < 1.29 is 9.18 Å². The van der Waals surface area contributed by atoms with Crippen molar-refractivity contribution in [2.75, 3.05) is 6.54 Å². The van der Waals surface area contributed by atoms with Crippen molar-refractivity contribution in [3.63, 3.8) is 0 Å². The molecule has 7 heteroatoms. The molecule has 5 nitrogen and oxygen atoms in total. The van der Waals surface area contributed by atoms with Crippen molar-refractivity contribution in [1.82, 2.24) is 20.3 Å². The molecule has 0 aliphatic rings. The molecule has 0 radical (unpaired) electrons. The van der Waals surface area contributed by atoms with Gasteiger partial charge in [0, 0.05) is 36.8 Å². The molecule has 0 spiro atoms. The van der Waals surface area contributed by atoms with Crippen LogP contribution in [0.1, 0.15) is 12.5 Å². The van der Waals surface area contributed by atoms with Crippen LogP contribution in [0.4, 0.5) is 4.39 Å². The van der Waals surface area contributed by atoms with Crippen LogP contribution >= 0.6 is 11.3 Å². The van der Waals surface area contributed by atoms with Gasteiger partial charge in [-0.15, -0.1) is 11.3 Å². The first kappa shape index (κ1) is 16.2. The molecule has 3 rings (SSSR count). The lowest BCUT2D eigenvalue weighted by Gasteiger charge is -2.05. The largest absolute Gasteiger partial charge is 0.356 e. The Bertz CT molecular complexity index is 851. The summed E-state index contributed by atoms with van der Waals surface area (Å²) in [6, 6.07) is 5.04. The standard InChI is InChI=1S/C17H15FN4OS/c1-11(23)20-5-4-12-2-3-13(8-14(12)18)16-10-24-17(22-16)15-9-19-6-7-21-15/h2-3,6-10H,4-5H2,1H3,(H,20,23). The monoisotopic (exact) mass is 342 g/mol. The van der Waals surface area contributed by atoms with Gasteiger partial charge in [-0.3, -0.25) is 14.8 Å². The second-order valence-corrected chi connectivity index (χ2v) is 6.03. The smallest absolute Gasteiger partial charge is 0.216 e. The Morgan fingerprint density at radius 1 is 1.29 bits per heavy atom. The van der Waals surface area contributed by atoms with E-state index in [4.69, 9.17) is 0 Å². The van der Waals surface area contributed by atoms with Gasteiger partial charge in [0.1, 0.15) is 16.5 Å². The molecule has 0 atom stereocenters. The predicted octanol–water partition coefficient (Wildman–Crippen LogP) is 3.08. The zero-order valence-corrected chi connectivity index (χ0v) is 13.8. The Morgan fingerprint density at radius 3 is 2.88 bits per heavy atom. The van der Waals surface area contributed by atoms with Crippen LogP contribution in [0, 0.1) is 5.82 Å². The van der Waals surface area contributed by atoms with Gasteiger partial charge in [0.25, 0.3) is 0 Å². The number of carbonyl (C=O) groups excluding carboxylic acids is 1. The zero-order chi connectivity index (χ0) is 16.9. The molecule has 0 bridgehead atoms. The number of amides is 1. The summed E-state index contributed by atoms with van der Waals surface area (Å²) in [5.74, 6) is -0.419. The Kier molecular flexibility index (Phi) is 4.90. The van der Waals surface area contributed by atoms with E-state index in [1.807, 2.05) is 11.4 Å². The highest BCUT2D eigenvalue weighted by Gasteiger charge is 2.10. The van der Waals surface area contributed by atoms with E-state index in [2.05, 4.69) is 20.3 Å². The number of carbonyl (C=O) groups is 1. The molecule has 0 fully saturated rings. The fourth-order valence-electron chi connectivity index (χ4n) is 2.22. The fourth-order valence-corrected chi connectivity index (χ4v) is 3.01. The van der Waals surface area contributed by atoms with Gasteiger partial charge in [0.05, 0.1) is 11.9 Å². The molecule has 0 unspecified atom stereocenters. The molecule has 2 heterocycles. The van der Waals surface area contributed by atoms with Crippen molar-refractivity contribution in [3.8, 4) is 22.0 Å². The summed E-state index contributed by atoms with van der Waals surface area (Å²) in [5.41, 5.74) is 2.67. The predicted molar refractivity (Wildman–Crippen MR) is 90.9 cm³/mol. The topological polar surface area (TPSA) is 67.8 Å².